The van der Waals surface area contributed by atoms with Gasteiger partial charge >= 0.3 is 0 Å². The van der Waals surface area contributed by atoms with E-state index in [-0.39, 0.29) is 5.75 Å². The lowest BCUT2D eigenvalue weighted by Gasteiger charge is -2.04. The predicted molar refractivity (Wildman–Crippen MR) is 128 cm³/mol. The van der Waals surface area contributed by atoms with Gasteiger partial charge in [-0.25, -0.2) is 4.39 Å². The van der Waals surface area contributed by atoms with Gasteiger partial charge in [-0.3, -0.25) is 15.1 Å². The number of methoxy groups -OCH3 is 1. The minimum atomic E-state index is -0.526. The number of phenolic OH excluding ortho intramolecular Hbond substituents is 1. The molecule has 0 amide bonds. The van der Waals surface area contributed by atoms with Crippen molar-refractivity contribution in [3.05, 3.63) is 79.0 Å². The van der Waals surface area contributed by atoms with Crippen molar-refractivity contribution in [3.63, 3.8) is 0 Å². The van der Waals surface area contributed by atoms with Crippen LogP contribution in [0.1, 0.15) is 0 Å². The van der Waals surface area contributed by atoms with E-state index in [0.29, 0.717) is 17.0 Å². The summed E-state index contributed by atoms with van der Waals surface area (Å²) >= 11 is 0. The highest BCUT2D eigenvalue weighted by Gasteiger charge is 2.16. The topological polar surface area (TPSA) is 99.7 Å². The van der Waals surface area contributed by atoms with Crippen LogP contribution in [0.4, 0.5) is 4.39 Å². The van der Waals surface area contributed by atoms with Crippen LogP contribution in [0.3, 0.4) is 0 Å². The summed E-state index contributed by atoms with van der Waals surface area (Å²) in [4.78, 5) is 12.1. The number of aromatic nitrogens is 5. The number of phenols is 1. The number of aromatic amines is 2. The Hall–Kier alpha value is -4.72. The number of benzene rings is 2. The van der Waals surface area contributed by atoms with Crippen LogP contribution in [0.5, 0.6) is 11.5 Å². The van der Waals surface area contributed by atoms with Gasteiger partial charge in [-0.05, 0) is 48.0 Å². The van der Waals surface area contributed by atoms with E-state index in [1.165, 1.54) is 12.1 Å². The van der Waals surface area contributed by atoms with Crippen LogP contribution in [0.2, 0.25) is 0 Å². The number of rotatable bonds is 4. The van der Waals surface area contributed by atoms with Crippen LogP contribution in [-0.2, 0) is 0 Å². The first-order valence-corrected chi connectivity index (χ1v) is 10.5. The second-order valence-electron chi connectivity index (χ2n) is 7.95. The summed E-state index contributed by atoms with van der Waals surface area (Å²) in [5, 5.41) is 19.2. The van der Waals surface area contributed by atoms with Crippen molar-refractivity contribution in [2.24, 2.45) is 0 Å². The summed E-state index contributed by atoms with van der Waals surface area (Å²) in [6.07, 6.45) is 5.11. The maximum absolute atomic E-state index is 13.9. The lowest BCUT2D eigenvalue weighted by Crippen LogP contribution is -1.86. The molecule has 0 bridgehead atoms. The van der Waals surface area contributed by atoms with Crippen molar-refractivity contribution in [2.45, 2.75) is 0 Å². The zero-order valence-electron chi connectivity index (χ0n) is 18.0. The van der Waals surface area contributed by atoms with Gasteiger partial charge in [0.15, 0.2) is 0 Å². The van der Waals surface area contributed by atoms with Gasteiger partial charge in [-0.15, -0.1) is 0 Å². The first kappa shape index (κ1) is 19.9. The van der Waals surface area contributed by atoms with E-state index in [2.05, 4.69) is 31.2 Å². The molecule has 4 heterocycles. The maximum atomic E-state index is 13.9. The number of pyridine rings is 2. The van der Waals surface area contributed by atoms with E-state index in [1.807, 2.05) is 30.3 Å². The van der Waals surface area contributed by atoms with Gasteiger partial charge in [-0.1, -0.05) is 6.07 Å². The van der Waals surface area contributed by atoms with E-state index < -0.39 is 5.82 Å². The average molecular weight is 451 g/mol. The highest BCUT2D eigenvalue weighted by molar-refractivity contribution is 6.00. The molecular formula is C26H18FN5O2. The fourth-order valence-electron chi connectivity index (χ4n) is 4.21. The molecule has 166 valence electrons. The van der Waals surface area contributed by atoms with Gasteiger partial charge in [0, 0.05) is 45.9 Å². The highest BCUT2D eigenvalue weighted by atomic mass is 19.1. The quantitative estimate of drug-likeness (QED) is 0.320. The Kier molecular flexibility index (Phi) is 4.51. The number of hydrogen-bond donors (Lipinski definition) is 3. The molecule has 6 rings (SSSR count). The third kappa shape index (κ3) is 3.32. The van der Waals surface area contributed by atoms with Gasteiger partial charge in [0.25, 0.3) is 0 Å². The Balaban J connectivity index is 1.49. The monoisotopic (exact) mass is 451 g/mol. The predicted octanol–water partition coefficient (Wildman–Crippen LogP) is 5.69. The molecule has 0 radical (unpaired) electrons. The van der Waals surface area contributed by atoms with Crippen LogP contribution < -0.4 is 4.74 Å². The summed E-state index contributed by atoms with van der Waals surface area (Å²) in [5.41, 5.74) is 6.23. The van der Waals surface area contributed by atoms with Gasteiger partial charge in [0.05, 0.1) is 30.2 Å². The molecule has 0 atom stereocenters. The summed E-state index contributed by atoms with van der Waals surface area (Å²) in [6, 6.07) is 15.7. The molecule has 34 heavy (non-hydrogen) atoms. The molecule has 0 aliphatic heterocycles. The molecule has 0 unspecified atom stereocenters. The van der Waals surface area contributed by atoms with Gasteiger partial charge < -0.3 is 14.8 Å². The molecule has 0 spiro atoms. The number of nitrogens with one attached hydrogen (secondary N) is 2. The van der Waals surface area contributed by atoms with Crippen LogP contribution in [0.25, 0.3) is 55.6 Å². The molecular weight excluding hydrogens is 433 g/mol. The highest BCUT2D eigenvalue weighted by Crippen LogP contribution is 2.35. The molecule has 6 aromatic rings. The Morgan fingerprint density at radius 3 is 2.59 bits per heavy atom. The van der Waals surface area contributed by atoms with E-state index >= 15 is 0 Å². The molecule has 7 nitrogen and oxygen atoms in total. The number of nitrogens with zero attached hydrogens (tertiary/aromatic N) is 3. The Bertz CT molecular complexity index is 1670. The van der Waals surface area contributed by atoms with Crippen molar-refractivity contribution >= 4 is 21.8 Å². The van der Waals surface area contributed by atoms with Crippen LogP contribution in [-0.4, -0.2) is 37.4 Å². The minimum Gasteiger partial charge on any atom is -0.508 e. The van der Waals surface area contributed by atoms with Gasteiger partial charge in [-0.2, -0.15) is 5.10 Å². The SMILES string of the molecule is COc1cncc(-c2ccc3[nH]nc(-c4cc5c(-c6cc(O)cc(F)c6)nccc5[nH]4)c3c2)c1. The molecule has 0 fully saturated rings. The second-order valence-corrected chi connectivity index (χ2v) is 7.95. The Morgan fingerprint density at radius 2 is 1.74 bits per heavy atom. The zero-order valence-corrected chi connectivity index (χ0v) is 18.0. The number of hydrogen-bond acceptors (Lipinski definition) is 5. The molecule has 3 N–H and O–H groups in total. The normalized spacial score (nSPS) is 11.4. The molecule has 2 aromatic carbocycles. The Morgan fingerprint density at radius 1 is 0.853 bits per heavy atom. The van der Waals surface area contributed by atoms with Crippen molar-refractivity contribution in [1.82, 2.24) is 25.1 Å². The first-order chi connectivity index (χ1) is 16.6. The number of halogens is 1. The largest absolute Gasteiger partial charge is 0.508 e. The number of aromatic hydroxyl groups is 1. The molecule has 0 saturated heterocycles. The average Bonchev–Trinajstić information content (AvgIpc) is 3.46. The summed E-state index contributed by atoms with van der Waals surface area (Å²) in [6.45, 7) is 0. The molecule has 0 saturated carbocycles. The molecule has 4 aromatic heterocycles. The summed E-state index contributed by atoms with van der Waals surface area (Å²) in [7, 11) is 1.61. The fraction of sp³-hybridized carbons (Fsp3) is 0.0385. The third-order valence-corrected chi connectivity index (χ3v) is 5.80. The van der Waals surface area contributed by atoms with Crippen molar-refractivity contribution < 1.29 is 14.2 Å². The first-order valence-electron chi connectivity index (χ1n) is 10.5. The second kappa shape index (κ2) is 7.70. The lowest BCUT2D eigenvalue weighted by atomic mass is 10.0. The summed E-state index contributed by atoms with van der Waals surface area (Å²) in [5.74, 6) is 0.00823. The van der Waals surface area contributed by atoms with E-state index in [1.54, 1.807) is 25.7 Å². The fourth-order valence-corrected chi connectivity index (χ4v) is 4.21. The van der Waals surface area contributed by atoms with E-state index in [4.69, 9.17) is 4.74 Å². The van der Waals surface area contributed by atoms with Crippen LogP contribution >= 0.6 is 0 Å². The van der Waals surface area contributed by atoms with Gasteiger partial charge in [0.1, 0.15) is 23.0 Å². The number of fused-ring (bicyclic) bond motifs is 2. The van der Waals surface area contributed by atoms with Crippen molar-refractivity contribution in [2.75, 3.05) is 7.11 Å². The van der Waals surface area contributed by atoms with Crippen LogP contribution in [0, 0.1) is 5.82 Å². The molecule has 0 aliphatic rings. The standard InChI is InChI=1S/C26H18FN5O2/c1-34-19-8-16(12-28-13-19)14-2-3-23-20(9-14)26(32-31-23)24-11-21-22(30-24)4-5-29-25(21)15-6-17(27)10-18(33)7-15/h2-13,30,33H,1H3,(H,31,32). The maximum Gasteiger partial charge on any atom is 0.137 e. The third-order valence-electron chi connectivity index (χ3n) is 5.80. The molecule has 8 heteroatoms. The summed E-state index contributed by atoms with van der Waals surface area (Å²) < 4.78 is 19.2. The Labute approximate surface area is 192 Å². The smallest absolute Gasteiger partial charge is 0.137 e. The van der Waals surface area contributed by atoms with E-state index in [0.717, 1.165) is 50.4 Å². The number of ether oxygens (including phenoxy) is 1. The molecule has 0 aliphatic carbocycles. The lowest BCUT2D eigenvalue weighted by molar-refractivity contribution is 0.413. The zero-order chi connectivity index (χ0) is 23.2. The van der Waals surface area contributed by atoms with Crippen LogP contribution in [0.15, 0.2) is 73.2 Å². The van der Waals surface area contributed by atoms with E-state index in [9.17, 15) is 9.50 Å². The van der Waals surface area contributed by atoms with Crippen molar-refractivity contribution in [3.8, 4) is 45.3 Å². The number of H-pyrrole nitrogens is 2. The minimum absolute atomic E-state index is 0.151. The van der Waals surface area contributed by atoms with Gasteiger partial charge in [0.2, 0.25) is 0 Å². The van der Waals surface area contributed by atoms with Crippen molar-refractivity contribution in [1.29, 1.82) is 0 Å².